The topological polar surface area (TPSA) is 12.0 Å². The summed E-state index contributed by atoms with van der Waals surface area (Å²) in [5.74, 6) is 0. The average molecular weight is 233 g/mol. The van der Waals surface area contributed by atoms with Crippen molar-refractivity contribution in [1.29, 1.82) is 0 Å². The molecule has 0 aliphatic carbocycles. The van der Waals surface area contributed by atoms with E-state index < -0.39 is 0 Å². The second-order valence-corrected chi connectivity index (χ2v) is 4.75. The lowest BCUT2D eigenvalue weighted by Crippen LogP contribution is -2.22. The fourth-order valence-electron chi connectivity index (χ4n) is 2.14. The lowest BCUT2D eigenvalue weighted by Gasteiger charge is -2.19. The largest absolute Gasteiger partial charge is 0.310 e. The van der Waals surface area contributed by atoms with Gasteiger partial charge in [-0.05, 0) is 36.9 Å². The molecular formula is C16H27N. The predicted molar refractivity (Wildman–Crippen MR) is 76.4 cm³/mol. The first kappa shape index (κ1) is 14.2. The van der Waals surface area contributed by atoms with E-state index in [4.69, 9.17) is 0 Å². The van der Waals surface area contributed by atoms with Gasteiger partial charge >= 0.3 is 0 Å². The second kappa shape index (κ2) is 8.30. The summed E-state index contributed by atoms with van der Waals surface area (Å²) in [7, 11) is 0. The summed E-state index contributed by atoms with van der Waals surface area (Å²) in [6, 6.07) is 9.59. The van der Waals surface area contributed by atoms with Crippen LogP contribution in [0.4, 0.5) is 0 Å². The molecule has 1 aromatic rings. The maximum Gasteiger partial charge on any atom is 0.0320 e. The molecule has 0 aliphatic rings. The summed E-state index contributed by atoms with van der Waals surface area (Å²) in [6.45, 7) is 7.83. The molecule has 0 saturated heterocycles. The van der Waals surface area contributed by atoms with E-state index in [1.54, 1.807) is 0 Å². The van der Waals surface area contributed by atoms with E-state index in [1.807, 2.05) is 0 Å². The van der Waals surface area contributed by atoms with E-state index in [0.29, 0.717) is 6.04 Å². The van der Waals surface area contributed by atoms with E-state index in [-0.39, 0.29) is 0 Å². The van der Waals surface area contributed by atoms with Gasteiger partial charge in [0.1, 0.15) is 0 Å². The van der Waals surface area contributed by atoms with Gasteiger partial charge < -0.3 is 5.32 Å². The van der Waals surface area contributed by atoms with Crippen molar-refractivity contribution in [2.75, 3.05) is 6.54 Å². The number of rotatable bonds is 8. The highest BCUT2D eigenvalue weighted by molar-refractivity contribution is 5.26. The first-order chi connectivity index (χ1) is 8.31. The predicted octanol–water partition coefficient (Wildman–Crippen LogP) is 4.48. The minimum atomic E-state index is 0.543. The Kier molecular flexibility index (Phi) is 6.95. The summed E-state index contributed by atoms with van der Waals surface area (Å²) in [5, 5.41) is 3.67. The highest BCUT2D eigenvalue weighted by Gasteiger charge is 2.09. The minimum Gasteiger partial charge on any atom is -0.310 e. The third kappa shape index (κ3) is 4.91. The highest BCUT2D eigenvalue weighted by Crippen LogP contribution is 2.20. The number of unbranched alkanes of at least 4 members (excludes halogenated alkanes) is 1. The Morgan fingerprint density at radius 2 is 1.94 bits per heavy atom. The van der Waals surface area contributed by atoms with Gasteiger partial charge in [-0.1, -0.05) is 57.9 Å². The van der Waals surface area contributed by atoms with E-state index in [9.17, 15) is 0 Å². The average Bonchev–Trinajstić information content (AvgIpc) is 2.39. The smallest absolute Gasteiger partial charge is 0.0320 e. The monoisotopic (exact) mass is 233 g/mol. The summed E-state index contributed by atoms with van der Waals surface area (Å²) >= 11 is 0. The molecule has 0 spiro atoms. The molecule has 0 amide bonds. The zero-order valence-corrected chi connectivity index (χ0v) is 11.6. The standard InChI is InChI=1S/C16H27N/c1-4-7-11-16(17-12-5-2)15-10-8-9-14(6-3)13-15/h8-10,13,16-17H,4-7,11-12H2,1-3H3. The van der Waals surface area contributed by atoms with Crippen molar-refractivity contribution in [1.82, 2.24) is 5.32 Å². The number of hydrogen-bond donors (Lipinski definition) is 1. The fraction of sp³-hybridized carbons (Fsp3) is 0.625. The van der Waals surface area contributed by atoms with Crippen LogP contribution in [0.2, 0.25) is 0 Å². The number of benzene rings is 1. The van der Waals surface area contributed by atoms with Crippen LogP contribution >= 0.6 is 0 Å². The van der Waals surface area contributed by atoms with Crippen LogP contribution in [0, 0.1) is 0 Å². The molecule has 0 bridgehead atoms. The quantitative estimate of drug-likeness (QED) is 0.698. The van der Waals surface area contributed by atoms with Gasteiger partial charge in [-0.2, -0.15) is 0 Å². The highest BCUT2D eigenvalue weighted by atomic mass is 14.9. The Morgan fingerprint density at radius 1 is 1.12 bits per heavy atom. The SMILES string of the molecule is CCCCC(NCCC)c1cccc(CC)c1. The molecule has 1 N–H and O–H groups in total. The summed E-state index contributed by atoms with van der Waals surface area (Å²) < 4.78 is 0. The van der Waals surface area contributed by atoms with Gasteiger partial charge in [-0.3, -0.25) is 0 Å². The van der Waals surface area contributed by atoms with E-state index >= 15 is 0 Å². The van der Waals surface area contributed by atoms with Gasteiger partial charge in [-0.25, -0.2) is 0 Å². The van der Waals surface area contributed by atoms with E-state index in [0.717, 1.165) is 13.0 Å². The molecule has 1 atom stereocenters. The molecule has 0 saturated carbocycles. The van der Waals surface area contributed by atoms with Crippen molar-refractivity contribution in [3.8, 4) is 0 Å². The van der Waals surface area contributed by atoms with Crippen molar-refractivity contribution >= 4 is 0 Å². The summed E-state index contributed by atoms with van der Waals surface area (Å²) in [4.78, 5) is 0. The van der Waals surface area contributed by atoms with Crippen LogP contribution in [0.15, 0.2) is 24.3 Å². The number of hydrogen-bond acceptors (Lipinski definition) is 1. The third-order valence-electron chi connectivity index (χ3n) is 3.25. The molecule has 1 unspecified atom stereocenters. The van der Waals surface area contributed by atoms with Gasteiger partial charge in [-0.15, -0.1) is 0 Å². The summed E-state index contributed by atoms with van der Waals surface area (Å²) in [6.07, 6.45) is 6.16. The van der Waals surface area contributed by atoms with Crippen molar-refractivity contribution in [3.63, 3.8) is 0 Å². The number of aryl methyl sites for hydroxylation is 1. The van der Waals surface area contributed by atoms with Crippen LogP contribution in [0.1, 0.15) is 63.6 Å². The Labute approximate surface area is 107 Å². The van der Waals surface area contributed by atoms with E-state index in [1.165, 1.54) is 36.8 Å². The molecule has 0 heterocycles. The molecule has 0 fully saturated rings. The molecule has 0 aromatic heterocycles. The Hall–Kier alpha value is -0.820. The van der Waals surface area contributed by atoms with Crippen LogP contribution in [0.5, 0.6) is 0 Å². The lowest BCUT2D eigenvalue weighted by atomic mass is 9.98. The molecule has 96 valence electrons. The fourth-order valence-corrected chi connectivity index (χ4v) is 2.14. The molecule has 1 heteroatoms. The maximum atomic E-state index is 3.67. The molecule has 0 radical (unpaired) electrons. The van der Waals surface area contributed by atoms with Gasteiger partial charge in [0.05, 0.1) is 0 Å². The molecular weight excluding hydrogens is 206 g/mol. The van der Waals surface area contributed by atoms with Crippen LogP contribution in [-0.4, -0.2) is 6.54 Å². The Bertz CT molecular complexity index is 298. The normalized spacial score (nSPS) is 12.6. The van der Waals surface area contributed by atoms with Gasteiger partial charge in [0.15, 0.2) is 0 Å². The van der Waals surface area contributed by atoms with Crippen molar-refractivity contribution < 1.29 is 0 Å². The van der Waals surface area contributed by atoms with Gasteiger partial charge in [0.2, 0.25) is 0 Å². The molecule has 1 rings (SSSR count). The zero-order valence-electron chi connectivity index (χ0n) is 11.6. The van der Waals surface area contributed by atoms with Crippen LogP contribution in [-0.2, 0) is 6.42 Å². The molecule has 1 aromatic carbocycles. The first-order valence-corrected chi connectivity index (χ1v) is 7.14. The Balaban J connectivity index is 2.71. The number of nitrogens with one attached hydrogen (secondary N) is 1. The van der Waals surface area contributed by atoms with Crippen LogP contribution < -0.4 is 5.32 Å². The zero-order chi connectivity index (χ0) is 12.5. The molecule has 0 aliphatic heterocycles. The summed E-state index contributed by atoms with van der Waals surface area (Å²) in [5.41, 5.74) is 2.91. The van der Waals surface area contributed by atoms with E-state index in [2.05, 4.69) is 50.4 Å². The van der Waals surface area contributed by atoms with Crippen molar-refractivity contribution in [2.45, 2.75) is 58.9 Å². The molecule has 1 nitrogen and oxygen atoms in total. The minimum absolute atomic E-state index is 0.543. The first-order valence-electron chi connectivity index (χ1n) is 7.14. The van der Waals surface area contributed by atoms with Crippen LogP contribution in [0.3, 0.4) is 0 Å². The second-order valence-electron chi connectivity index (χ2n) is 4.75. The van der Waals surface area contributed by atoms with Crippen molar-refractivity contribution in [2.24, 2.45) is 0 Å². The van der Waals surface area contributed by atoms with Gasteiger partial charge in [0, 0.05) is 6.04 Å². The van der Waals surface area contributed by atoms with Gasteiger partial charge in [0.25, 0.3) is 0 Å². The third-order valence-corrected chi connectivity index (χ3v) is 3.25. The maximum absolute atomic E-state index is 3.67. The van der Waals surface area contributed by atoms with Crippen molar-refractivity contribution in [3.05, 3.63) is 35.4 Å². The lowest BCUT2D eigenvalue weighted by molar-refractivity contribution is 0.481. The Morgan fingerprint density at radius 3 is 2.59 bits per heavy atom. The van der Waals surface area contributed by atoms with Crippen LogP contribution in [0.25, 0.3) is 0 Å². The molecule has 17 heavy (non-hydrogen) atoms.